The summed E-state index contributed by atoms with van der Waals surface area (Å²) in [6.07, 6.45) is -1.63. The van der Waals surface area contributed by atoms with E-state index >= 15 is 0 Å². The molecule has 0 aliphatic carbocycles. The van der Waals surface area contributed by atoms with E-state index in [1.54, 1.807) is 4.68 Å². The summed E-state index contributed by atoms with van der Waals surface area (Å²) < 4.78 is 45.9. The second-order valence-corrected chi connectivity index (χ2v) is 5.94. The van der Waals surface area contributed by atoms with Gasteiger partial charge in [-0.1, -0.05) is 23.8 Å². The van der Waals surface area contributed by atoms with Crippen molar-refractivity contribution in [2.75, 3.05) is 0 Å². The maximum absolute atomic E-state index is 12.9. The number of aromatic nitrogens is 4. The number of ether oxygens (including phenoxy) is 1. The van der Waals surface area contributed by atoms with Crippen molar-refractivity contribution < 1.29 is 17.9 Å². The van der Waals surface area contributed by atoms with Gasteiger partial charge in [0.2, 0.25) is 5.88 Å². The molecule has 136 valence electrons. The van der Waals surface area contributed by atoms with Crippen LogP contribution in [0.2, 0.25) is 0 Å². The summed E-state index contributed by atoms with van der Waals surface area (Å²) >= 11 is 0. The third kappa shape index (κ3) is 3.33. The van der Waals surface area contributed by atoms with Crippen LogP contribution in [0.4, 0.5) is 13.2 Å². The standard InChI is InChI=1S/C19H13F3N4O/c1-12-5-7-14(8-6-12)26-17-16(10-25-26)18(24-11-23-17)27-15-4-2-3-13(9-15)19(20,21)22/h2-11H,1H3. The highest BCUT2D eigenvalue weighted by Gasteiger charge is 2.30. The van der Waals surface area contributed by atoms with E-state index in [9.17, 15) is 13.2 Å². The molecule has 0 aliphatic rings. The summed E-state index contributed by atoms with van der Waals surface area (Å²) in [5.41, 5.74) is 1.62. The Kier molecular flexibility index (Phi) is 4.02. The molecule has 0 bridgehead atoms. The lowest BCUT2D eigenvalue weighted by Gasteiger charge is -2.10. The fraction of sp³-hybridized carbons (Fsp3) is 0.105. The molecule has 4 aromatic rings. The molecule has 0 atom stereocenters. The second-order valence-electron chi connectivity index (χ2n) is 5.94. The van der Waals surface area contributed by atoms with Gasteiger partial charge in [0.25, 0.3) is 0 Å². The number of hydrogen-bond acceptors (Lipinski definition) is 4. The Morgan fingerprint density at radius 1 is 1.00 bits per heavy atom. The molecule has 0 unspecified atom stereocenters. The van der Waals surface area contributed by atoms with E-state index in [0.717, 1.165) is 23.4 Å². The first-order valence-electron chi connectivity index (χ1n) is 8.03. The number of halogens is 3. The van der Waals surface area contributed by atoms with Crippen LogP contribution in [0.15, 0.2) is 61.1 Å². The molecule has 5 nitrogen and oxygen atoms in total. The van der Waals surface area contributed by atoms with Gasteiger partial charge in [0.15, 0.2) is 5.65 Å². The Labute approximate surface area is 152 Å². The third-order valence-corrected chi connectivity index (χ3v) is 3.98. The first kappa shape index (κ1) is 17.0. The molecule has 8 heteroatoms. The summed E-state index contributed by atoms with van der Waals surface area (Å²) in [7, 11) is 0. The van der Waals surface area contributed by atoms with Gasteiger partial charge >= 0.3 is 6.18 Å². The van der Waals surface area contributed by atoms with E-state index in [1.165, 1.54) is 24.7 Å². The SMILES string of the molecule is Cc1ccc(-n2ncc3c(Oc4cccc(C(F)(F)F)c4)ncnc32)cc1. The number of rotatable bonds is 3. The van der Waals surface area contributed by atoms with Crippen molar-refractivity contribution in [1.29, 1.82) is 0 Å². The summed E-state index contributed by atoms with van der Waals surface area (Å²) in [6.45, 7) is 1.98. The molecule has 0 spiro atoms. The maximum Gasteiger partial charge on any atom is 0.416 e. The zero-order valence-corrected chi connectivity index (χ0v) is 14.1. The predicted molar refractivity (Wildman–Crippen MR) is 92.9 cm³/mol. The average Bonchev–Trinajstić information content (AvgIpc) is 3.07. The van der Waals surface area contributed by atoms with Crippen LogP contribution < -0.4 is 4.74 Å². The van der Waals surface area contributed by atoms with Crippen LogP contribution in [-0.2, 0) is 6.18 Å². The molecular weight excluding hydrogens is 357 g/mol. The summed E-state index contributed by atoms with van der Waals surface area (Å²) in [5, 5.41) is 4.80. The second kappa shape index (κ2) is 6.39. The molecule has 0 amide bonds. The van der Waals surface area contributed by atoms with Gasteiger partial charge in [0, 0.05) is 0 Å². The van der Waals surface area contributed by atoms with E-state index in [1.807, 2.05) is 31.2 Å². The molecule has 2 heterocycles. The Balaban J connectivity index is 1.73. The summed E-state index contributed by atoms with van der Waals surface area (Å²) in [5.74, 6) is 0.172. The van der Waals surface area contributed by atoms with Gasteiger partial charge in [0.1, 0.15) is 17.5 Å². The number of hydrogen-bond donors (Lipinski definition) is 0. The monoisotopic (exact) mass is 370 g/mol. The first-order chi connectivity index (χ1) is 12.9. The van der Waals surface area contributed by atoms with Gasteiger partial charge in [-0.05, 0) is 37.3 Å². The Morgan fingerprint density at radius 2 is 1.78 bits per heavy atom. The molecule has 2 aromatic carbocycles. The van der Waals surface area contributed by atoms with E-state index < -0.39 is 11.7 Å². The zero-order chi connectivity index (χ0) is 19.0. The van der Waals surface area contributed by atoms with Crippen LogP contribution in [0, 0.1) is 6.92 Å². The van der Waals surface area contributed by atoms with E-state index in [2.05, 4.69) is 15.1 Å². The largest absolute Gasteiger partial charge is 0.438 e. The summed E-state index contributed by atoms with van der Waals surface area (Å²) in [6, 6.07) is 12.3. The van der Waals surface area contributed by atoms with E-state index in [-0.39, 0.29) is 11.6 Å². The first-order valence-corrected chi connectivity index (χ1v) is 8.03. The highest BCUT2D eigenvalue weighted by molar-refractivity contribution is 5.81. The smallest absolute Gasteiger partial charge is 0.416 e. The molecule has 2 aromatic heterocycles. The minimum absolute atomic E-state index is 0.0351. The summed E-state index contributed by atoms with van der Waals surface area (Å²) in [4.78, 5) is 8.28. The van der Waals surface area contributed by atoms with Crippen LogP contribution in [0.1, 0.15) is 11.1 Å². The fourth-order valence-corrected chi connectivity index (χ4v) is 2.63. The minimum atomic E-state index is -4.45. The lowest BCUT2D eigenvalue weighted by atomic mass is 10.2. The van der Waals surface area contributed by atoms with Crippen molar-refractivity contribution in [3.05, 3.63) is 72.2 Å². The Hall–Kier alpha value is -3.42. The van der Waals surface area contributed by atoms with Gasteiger partial charge in [-0.3, -0.25) is 0 Å². The van der Waals surface area contributed by atoms with E-state index in [0.29, 0.717) is 11.0 Å². The Bertz CT molecular complexity index is 1100. The lowest BCUT2D eigenvalue weighted by molar-refractivity contribution is -0.137. The normalized spacial score (nSPS) is 11.7. The predicted octanol–water partition coefficient (Wildman–Crippen LogP) is 4.94. The minimum Gasteiger partial charge on any atom is -0.438 e. The molecule has 27 heavy (non-hydrogen) atoms. The van der Waals surface area contributed by atoms with E-state index in [4.69, 9.17) is 4.74 Å². The molecule has 0 radical (unpaired) electrons. The van der Waals surface area contributed by atoms with Crippen molar-refractivity contribution in [1.82, 2.24) is 19.7 Å². The molecular formula is C19H13F3N4O. The molecule has 0 saturated heterocycles. The zero-order valence-electron chi connectivity index (χ0n) is 14.1. The molecule has 0 fully saturated rings. The Morgan fingerprint density at radius 3 is 2.52 bits per heavy atom. The molecule has 0 saturated carbocycles. The van der Waals surface area contributed by atoms with Crippen LogP contribution in [0.3, 0.4) is 0 Å². The molecule has 4 rings (SSSR count). The fourth-order valence-electron chi connectivity index (χ4n) is 2.63. The number of fused-ring (bicyclic) bond motifs is 1. The lowest BCUT2D eigenvalue weighted by Crippen LogP contribution is -2.04. The number of benzene rings is 2. The van der Waals surface area contributed by atoms with Crippen LogP contribution in [0.5, 0.6) is 11.6 Å². The topological polar surface area (TPSA) is 52.8 Å². The highest BCUT2D eigenvalue weighted by Crippen LogP contribution is 2.33. The van der Waals surface area contributed by atoms with Gasteiger partial charge in [0.05, 0.1) is 17.4 Å². The number of alkyl halides is 3. The van der Waals surface area contributed by atoms with Gasteiger partial charge in [-0.25, -0.2) is 14.6 Å². The maximum atomic E-state index is 12.9. The van der Waals surface area contributed by atoms with Gasteiger partial charge in [-0.15, -0.1) is 0 Å². The van der Waals surface area contributed by atoms with Gasteiger partial charge < -0.3 is 4.74 Å². The highest BCUT2D eigenvalue weighted by atomic mass is 19.4. The van der Waals surface area contributed by atoms with Crippen molar-refractivity contribution in [2.24, 2.45) is 0 Å². The average molecular weight is 370 g/mol. The van der Waals surface area contributed by atoms with Crippen LogP contribution in [-0.4, -0.2) is 19.7 Å². The third-order valence-electron chi connectivity index (χ3n) is 3.98. The number of nitrogens with zero attached hydrogens (tertiary/aromatic N) is 4. The van der Waals surface area contributed by atoms with Crippen molar-refractivity contribution in [2.45, 2.75) is 13.1 Å². The van der Waals surface area contributed by atoms with Crippen molar-refractivity contribution in [3.8, 4) is 17.3 Å². The van der Waals surface area contributed by atoms with Crippen molar-refractivity contribution >= 4 is 11.0 Å². The van der Waals surface area contributed by atoms with Crippen LogP contribution in [0.25, 0.3) is 16.7 Å². The molecule has 0 N–H and O–H groups in total. The quantitative estimate of drug-likeness (QED) is 0.513. The molecule has 0 aliphatic heterocycles. The van der Waals surface area contributed by atoms with Crippen molar-refractivity contribution in [3.63, 3.8) is 0 Å². The van der Waals surface area contributed by atoms with Gasteiger partial charge in [-0.2, -0.15) is 18.3 Å². The number of aryl methyl sites for hydroxylation is 1. The van der Waals surface area contributed by atoms with Crippen LogP contribution >= 0.6 is 0 Å².